The smallest absolute Gasteiger partial charge is 0.407 e. The van der Waals surface area contributed by atoms with Crippen LogP contribution in [-0.4, -0.2) is 27.6 Å². The maximum absolute atomic E-state index is 10.7. The van der Waals surface area contributed by atoms with Crippen LogP contribution in [0.1, 0.15) is 10.6 Å². The van der Waals surface area contributed by atoms with Gasteiger partial charge >= 0.3 is 6.09 Å². The Labute approximate surface area is 87.3 Å². The number of rotatable bonds is 0. The summed E-state index contributed by atoms with van der Waals surface area (Å²) >= 11 is 4.80. The summed E-state index contributed by atoms with van der Waals surface area (Å²) in [5.41, 5.74) is 1.04. The Bertz CT molecular complexity index is 352. The molecule has 0 atom stereocenters. The normalized spacial score (nSPS) is 15.6. The van der Waals surface area contributed by atoms with Gasteiger partial charge in [-0.3, -0.25) is 0 Å². The fourth-order valence-corrected chi connectivity index (χ4v) is 2.97. The van der Waals surface area contributed by atoms with Gasteiger partial charge in [0.25, 0.3) is 0 Å². The number of thiazole rings is 1. The van der Waals surface area contributed by atoms with E-state index in [0.717, 1.165) is 20.9 Å². The number of carboxylic acid groups (broad SMARTS) is 1. The van der Waals surface area contributed by atoms with Crippen molar-refractivity contribution in [1.82, 2.24) is 9.88 Å². The first-order valence-electron chi connectivity index (χ1n) is 3.79. The molecule has 0 radical (unpaired) electrons. The van der Waals surface area contributed by atoms with Gasteiger partial charge in [-0.05, 0) is 15.9 Å². The van der Waals surface area contributed by atoms with E-state index in [4.69, 9.17) is 5.11 Å². The summed E-state index contributed by atoms with van der Waals surface area (Å²) in [5, 5.41) is 8.77. The lowest BCUT2D eigenvalue weighted by molar-refractivity contribution is 0.140. The number of carbonyl (C=O) groups is 1. The summed E-state index contributed by atoms with van der Waals surface area (Å²) in [5.74, 6) is 0. The molecule has 13 heavy (non-hydrogen) atoms. The van der Waals surface area contributed by atoms with Gasteiger partial charge < -0.3 is 10.0 Å². The van der Waals surface area contributed by atoms with Crippen molar-refractivity contribution in [2.75, 3.05) is 6.54 Å². The molecule has 0 unspecified atom stereocenters. The molecular formula is C7H7BrN2O2S. The van der Waals surface area contributed by atoms with Crippen molar-refractivity contribution >= 4 is 33.4 Å². The standard InChI is InChI=1S/C7H7BrN2O2S/c8-6-9-4-1-2-10(7(11)12)3-5(4)13-6/h1-3H2,(H,11,12). The average molecular weight is 263 g/mol. The summed E-state index contributed by atoms with van der Waals surface area (Å²) in [7, 11) is 0. The first-order chi connectivity index (χ1) is 6.16. The zero-order valence-electron chi connectivity index (χ0n) is 6.66. The molecule has 4 nitrogen and oxygen atoms in total. The van der Waals surface area contributed by atoms with Gasteiger partial charge in [0.2, 0.25) is 0 Å². The van der Waals surface area contributed by atoms with Crippen LogP contribution in [0.4, 0.5) is 4.79 Å². The number of halogens is 1. The molecule has 1 aliphatic rings. The third-order valence-corrected chi connectivity index (χ3v) is 3.51. The van der Waals surface area contributed by atoms with Gasteiger partial charge in [-0.1, -0.05) is 0 Å². The summed E-state index contributed by atoms with van der Waals surface area (Å²) < 4.78 is 0.838. The van der Waals surface area contributed by atoms with Crippen molar-refractivity contribution in [1.29, 1.82) is 0 Å². The Morgan fingerprint density at radius 3 is 3.15 bits per heavy atom. The van der Waals surface area contributed by atoms with E-state index in [1.807, 2.05) is 0 Å². The molecule has 1 aromatic heterocycles. The van der Waals surface area contributed by atoms with E-state index < -0.39 is 6.09 Å². The molecule has 0 bridgehead atoms. The van der Waals surface area contributed by atoms with Crippen molar-refractivity contribution in [2.45, 2.75) is 13.0 Å². The van der Waals surface area contributed by atoms with Crippen LogP contribution in [0.3, 0.4) is 0 Å². The minimum atomic E-state index is -0.852. The molecule has 0 fully saturated rings. The molecule has 6 heteroatoms. The third-order valence-electron chi connectivity index (χ3n) is 1.98. The van der Waals surface area contributed by atoms with E-state index in [1.54, 1.807) is 0 Å². The SMILES string of the molecule is O=C(O)N1CCc2nc(Br)sc2C1. The van der Waals surface area contributed by atoms with Gasteiger partial charge in [0.15, 0.2) is 3.92 Å². The highest BCUT2D eigenvalue weighted by molar-refractivity contribution is 9.11. The van der Waals surface area contributed by atoms with Crippen LogP contribution in [0.2, 0.25) is 0 Å². The van der Waals surface area contributed by atoms with E-state index >= 15 is 0 Å². The minimum Gasteiger partial charge on any atom is -0.465 e. The molecule has 2 rings (SSSR count). The zero-order valence-corrected chi connectivity index (χ0v) is 9.06. The van der Waals surface area contributed by atoms with Crippen molar-refractivity contribution in [3.8, 4) is 0 Å². The second-order valence-corrected chi connectivity index (χ2v) is 5.15. The predicted octanol–water partition coefficient (Wildman–Crippen LogP) is 1.94. The van der Waals surface area contributed by atoms with Crippen LogP contribution in [0.25, 0.3) is 0 Å². The van der Waals surface area contributed by atoms with E-state index in [9.17, 15) is 4.79 Å². The molecule has 0 saturated carbocycles. The molecule has 1 N–H and O–H groups in total. The highest BCUT2D eigenvalue weighted by Crippen LogP contribution is 2.27. The molecule has 1 aromatic rings. The number of fused-ring (bicyclic) bond motifs is 1. The lowest BCUT2D eigenvalue weighted by Crippen LogP contribution is -2.34. The highest BCUT2D eigenvalue weighted by atomic mass is 79.9. The molecule has 1 aliphatic heterocycles. The van der Waals surface area contributed by atoms with E-state index in [0.29, 0.717) is 13.1 Å². The van der Waals surface area contributed by atoms with Crippen LogP contribution in [0, 0.1) is 0 Å². The Morgan fingerprint density at radius 1 is 1.69 bits per heavy atom. The van der Waals surface area contributed by atoms with Crippen LogP contribution in [-0.2, 0) is 13.0 Å². The second-order valence-electron chi connectivity index (χ2n) is 2.79. The predicted molar refractivity (Wildman–Crippen MR) is 52.0 cm³/mol. The zero-order chi connectivity index (χ0) is 9.42. The van der Waals surface area contributed by atoms with Crippen molar-refractivity contribution in [2.24, 2.45) is 0 Å². The van der Waals surface area contributed by atoms with Crippen LogP contribution in [0.15, 0.2) is 3.92 Å². The van der Waals surface area contributed by atoms with Crippen LogP contribution < -0.4 is 0 Å². The lowest BCUT2D eigenvalue weighted by atomic mass is 10.2. The summed E-state index contributed by atoms with van der Waals surface area (Å²) in [4.78, 5) is 17.4. The molecule has 0 aromatic carbocycles. The van der Waals surface area contributed by atoms with Gasteiger partial charge in [-0.2, -0.15) is 0 Å². The lowest BCUT2D eigenvalue weighted by Gasteiger charge is -2.22. The summed E-state index contributed by atoms with van der Waals surface area (Å²) in [6.07, 6.45) is -0.126. The quantitative estimate of drug-likeness (QED) is 0.778. The van der Waals surface area contributed by atoms with Crippen molar-refractivity contribution in [3.63, 3.8) is 0 Å². The molecule has 2 heterocycles. The first kappa shape index (κ1) is 8.96. The topological polar surface area (TPSA) is 53.4 Å². The average Bonchev–Trinajstić information content (AvgIpc) is 2.42. The summed E-state index contributed by atoms with van der Waals surface area (Å²) in [6.45, 7) is 1.03. The van der Waals surface area contributed by atoms with Gasteiger partial charge in [0.1, 0.15) is 0 Å². The molecule has 0 aliphatic carbocycles. The number of aromatic nitrogens is 1. The van der Waals surface area contributed by atoms with E-state index in [2.05, 4.69) is 20.9 Å². The highest BCUT2D eigenvalue weighted by Gasteiger charge is 2.22. The Morgan fingerprint density at radius 2 is 2.46 bits per heavy atom. The maximum atomic E-state index is 10.7. The van der Waals surface area contributed by atoms with Crippen LogP contribution >= 0.6 is 27.3 Å². The minimum absolute atomic E-state index is 0.480. The molecule has 1 amide bonds. The maximum Gasteiger partial charge on any atom is 0.407 e. The third kappa shape index (κ3) is 1.68. The van der Waals surface area contributed by atoms with Gasteiger partial charge in [0.05, 0.1) is 12.2 Å². The fraction of sp³-hybridized carbons (Fsp3) is 0.429. The molecule has 0 spiro atoms. The van der Waals surface area contributed by atoms with Crippen LogP contribution in [0.5, 0.6) is 0 Å². The largest absolute Gasteiger partial charge is 0.465 e. The Balaban J connectivity index is 2.24. The number of hydrogen-bond donors (Lipinski definition) is 1. The van der Waals surface area contributed by atoms with E-state index in [-0.39, 0.29) is 0 Å². The molecule has 70 valence electrons. The number of nitrogens with zero attached hydrogens (tertiary/aromatic N) is 2. The number of hydrogen-bond acceptors (Lipinski definition) is 3. The molecular weight excluding hydrogens is 256 g/mol. The fourth-order valence-electron chi connectivity index (χ4n) is 1.33. The number of amides is 1. The Kier molecular flexibility index (Phi) is 2.25. The molecule has 0 saturated heterocycles. The van der Waals surface area contributed by atoms with E-state index in [1.165, 1.54) is 16.2 Å². The monoisotopic (exact) mass is 262 g/mol. The first-order valence-corrected chi connectivity index (χ1v) is 5.39. The second kappa shape index (κ2) is 3.26. The van der Waals surface area contributed by atoms with Gasteiger partial charge in [0, 0.05) is 17.8 Å². The Hall–Kier alpha value is -0.620. The van der Waals surface area contributed by atoms with Gasteiger partial charge in [-0.15, -0.1) is 11.3 Å². The summed E-state index contributed by atoms with van der Waals surface area (Å²) in [6, 6.07) is 0. The van der Waals surface area contributed by atoms with Gasteiger partial charge in [-0.25, -0.2) is 9.78 Å². The van der Waals surface area contributed by atoms with Crippen molar-refractivity contribution < 1.29 is 9.90 Å². The van der Waals surface area contributed by atoms with Crippen molar-refractivity contribution in [3.05, 3.63) is 14.5 Å².